The van der Waals surface area contributed by atoms with Gasteiger partial charge in [-0.2, -0.15) is 0 Å². The van der Waals surface area contributed by atoms with E-state index in [1.165, 1.54) is 29.5 Å². The summed E-state index contributed by atoms with van der Waals surface area (Å²) in [4.78, 5) is 29.8. The second kappa shape index (κ2) is 8.88. The lowest BCUT2D eigenvalue weighted by Crippen LogP contribution is -2.33. The van der Waals surface area contributed by atoms with Crippen LogP contribution in [0.15, 0.2) is 65.2 Å². The zero-order valence-corrected chi connectivity index (χ0v) is 17.2. The van der Waals surface area contributed by atoms with Gasteiger partial charge in [0.15, 0.2) is 16.6 Å². The van der Waals surface area contributed by atoms with E-state index in [2.05, 4.69) is 20.8 Å². The molecule has 0 saturated carbocycles. The first-order valence-electron chi connectivity index (χ1n) is 9.33. The minimum Gasteiger partial charge on any atom is -0.355 e. The summed E-state index contributed by atoms with van der Waals surface area (Å²) >= 11 is 1.30. The Morgan fingerprint density at radius 1 is 1.06 bits per heavy atom. The number of aromatic nitrogens is 2. The highest BCUT2D eigenvalue weighted by atomic mass is 32.1. The number of aryl methyl sites for hydroxylation is 1. The van der Waals surface area contributed by atoms with Crippen molar-refractivity contribution in [2.45, 2.75) is 6.92 Å². The lowest BCUT2D eigenvalue weighted by atomic mass is 10.1. The molecule has 2 amide bonds. The van der Waals surface area contributed by atoms with Gasteiger partial charge in [0.2, 0.25) is 5.91 Å². The molecule has 4 rings (SSSR count). The minimum atomic E-state index is -0.525. The Balaban J connectivity index is 1.34. The van der Waals surface area contributed by atoms with Crippen molar-refractivity contribution in [1.82, 2.24) is 15.5 Å². The molecule has 0 atom stereocenters. The highest BCUT2D eigenvalue weighted by molar-refractivity contribution is 7.16. The Labute approximate surface area is 180 Å². The van der Waals surface area contributed by atoms with Crippen LogP contribution in [0.25, 0.3) is 22.6 Å². The molecule has 156 valence electrons. The van der Waals surface area contributed by atoms with E-state index in [1.807, 2.05) is 37.3 Å². The fraction of sp³-hybridized carbons (Fsp3) is 0.0909. The van der Waals surface area contributed by atoms with Gasteiger partial charge < -0.3 is 15.2 Å². The van der Waals surface area contributed by atoms with Crippen molar-refractivity contribution >= 4 is 28.3 Å². The lowest BCUT2D eigenvalue weighted by molar-refractivity contribution is -0.115. The maximum Gasteiger partial charge on any atom is 0.273 e. The molecule has 0 radical (unpaired) electrons. The van der Waals surface area contributed by atoms with Crippen LogP contribution >= 0.6 is 11.3 Å². The maximum absolute atomic E-state index is 13.1. The first-order chi connectivity index (χ1) is 15.0. The average molecular weight is 436 g/mol. The second-order valence-electron chi connectivity index (χ2n) is 6.60. The van der Waals surface area contributed by atoms with Crippen LogP contribution in [0.3, 0.4) is 0 Å². The molecule has 9 heteroatoms. The molecule has 0 bridgehead atoms. The third kappa shape index (κ3) is 4.84. The quantitative estimate of drug-likeness (QED) is 0.470. The molecular weight excluding hydrogens is 419 g/mol. The molecule has 31 heavy (non-hydrogen) atoms. The van der Waals surface area contributed by atoms with Crippen LogP contribution in [0.1, 0.15) is 15.4 Å². The number of hydrogen-bond donors (Lipinski definition) is 2. The van der Waals surface area contributed by atoms with E-state index < -0.39 is 11.8 Å². The van der Waals surface area contributed by atoms with Crippen LogP contribution in [0, 0.1) is 12.7 Å². The van der Waals surface area contributed by atoms with Crippen molar-refractivity contribution in [3.8, 4) is 22.6 Å². The predicted molar refractivity (Wildman–Crippen MR) is 115 cm³/mol. The Morgan fingerprint density at radius 3 is 2.55 bits per heavy atom. The molecule has 4 aromatic rings. The van der Waals surface area contributed by atoms with Gasteiger partial charge in [0, 0.05) is 22.1 Å². The molecule has 0 aliphatic rings. The molecule has 2 aromatic carbocycles. The zero-order valence-electron chi connectivity index (χ0n) is 16.4. The van der Waals surface area contributed by atoms with E-state index in [1.54, 1.807) is 12.1 Å². The molecule has 7 nitrogen and oxygen atoms in total. The van der Waals surface area contributed by atoms with E-state index in [4.69, 9.17) is 4.52 Å². The number of thiazole rings is 1. The summed E-state index contributed by atoms with van der Waals surface area (Å²) in [6.45, 7) is 1.61. The molecule has 0 fully saturated rings. The molecule has 2 heterocycles. The number of anilines is 1. The molecule has 2 N–H and O–H groups in total. The number of nitrogens with zero attached hydrogens (tertiary/aromatic N) is 2. The predicted octanol–water partition coefficient (Wildman–Crippen LogP) is 4.28. The van der Waals surface area contributed by atoms with Crippen LogP contribution in [-0.4, -0.2) is 28.5 Å². The summed E-state index contributed by atoms with van der Waals surface area (Å²) in [6.07, 6.45) is 0. The second-order valence-corrected chi connectivity index (χ2v) is 7.81. The number of halogens is 1. The number of benzene rings is 2. The number of carbonyl (C=O) groups excluding carboxylic acids is 2. The lowest BCUT2D eigenvalue weighted by Gasteiger charge is -2.03. The molecule has 0 spiro atoms. The molecule has 0 unspecified atom stereocenters. The van der Waals surface area contributed by atoms with E-state index in [-0.39, 0.29) is 18.1 Å². The molecule has 0 aliphatic heterocycles. The Bertz CT molecular complexity index is 1220. The van der Waals surface area contributed by atoms with Crippen LogP contribution in [0.4, 0.5) is 9.52 Å². The fourth-order valence-electron chi connectivity index (χ4n) is 2.86. The van der Waals surface area contributed by atoms with Gasteiger partial charge in [0.25, 0.3) is 5.91 Å². The third-order valence-corrected chi connectivity index (χ3v) is 5.26. The SMILES string of the molecule is Cc1sc(NC(=O)CNC(=O)c2cc(-c3ccccc3)on2)nc1-c1ccc(F)cc1. The van der Waals surface area contributed by atoms with Crippen molar-refractivity contribution in [3.05, 3.63) is 77.1 Å². The van der Waals surface area contributed by atoms with Gasteiger partial charge in [-0.1, -0.05) is 35.5 Å². The summed E-state index contributed by atoms with van der Waals surface area (Å²) in [5.41, 5.74) is 2.29. The van der Waals surface area contributed by atoms with Gasteiger partial charge in [-0.15, -0.1) is 11.3 Å². The first kappa shape index (κ1) is 20.4. The molecule has 0 aliphatic carbocycles. The summed E-state index contributed by atoms with van der Waals surface area (Å²) < 4.78 is 18.3. The smallest absolute Gasteiger partial charge is 0.273 e. The topological polar surface area (TPSA) is 97.1 Å². The van der Waals surface area contributed by atoms with Crippen LogP contribution in [-0.2, 0) is 4.79 Å². The van der Waals surface area contributed by atoms with Crippen LogP contribution < -0.4 is 10.6 Å². The molecule has 2 aromatic heterocycles. The van der Waals surface area contributed by atoms with Crippen LogP contribution in [0.2, 0.25) is 0 Å². The number of carbonyl (C=O) groups is 2. The zero-order chi connectivity index (χ0) is 21.8. The van der Waals surface area contributed by atoms with E-state index in [0.717, 1.165) is 16.0 Å². The van der Waals surface area contributed by atoms with Crippen molar-refractivity contribution in [2.24, 2.45) is 0 Å². The highest BCUT2D eigenvalue weighted by Crippen LogP contribution is 2.30. The molecular formula is C22H17FN4O3S. The Morgan fingerprint density at radius 2 is 1.81 bits per heavy atom. The largest absolute Gasteiger partial charge is 0.355 e. The molecule has 0 saturated heterocycles. The monoisotopic (exact) mass is 436 g/mol. The number of nitrogens with one attached hydrogen (secondary N) is 2. The van der Waals surface area contributed by atoms with Gasteiger partial charge in [0.05, 0.1) is 12.2 Å². The van der Waals surface area contributed by atoms with Gasteiger partial charge in [-0.3, -0.25) is 9.59 Å². The van der Waals surface area contributed by atoms with Gasteiger partial charge in [-0.25, -0.2) is 9.37 Å². The summed E-state index contributed by atoms with van der Waals surface area (Å²) in [5, 5.41) is 9.31. The summed E-state index contributed by atoms with van der Waals surface area (Å²) in [7, 11) is 0. The average Bonchev–Trinajstić information content (AvgIpc) is 3.40. The fourth-order valence-corrected chi connectivity index (χ4v) is 3.71. The van der Waals surface area contributed by atoms with E-state index in [9.17, 15) is 14.0 Å². The Kier molecular flexibility index (Phi) is 5.85. The normalized spacial score (nSPS) is 10.6. The van der Waals surface area contributed by atoms with Crippen molar-refractivity contribution < 1.29 is 18.5 Å². The van der Waals surface area contributed by atoms with Crippen molar-refractivity contribution in [2.75, 3.05) is 11.9 Å². The Hall–Kier alpha value is -3.85. The number of rotatable bonds is 6. The van der Waals surface area contributed by atoms with Crippen LogP contribution in [0.5, 0.6) is 0 Å². The minimum absolute atomic E-state index is 0.0790. The number of hydrogen-bond acceptors (Lipinski definition) is 6. The maximum atomic E-state index is 13.1. The third-order valence-electron chi connectivity index (χ3n) is 4.37. The highest BCUT2D eigenvalue weighted by Gasteiger charge is 2.16. The number of amides is 2. The van der Waals surface area contributed by atoms with Gasteiger partial charge >= 0.3 is 0 Å². The summed E-state index contributed by atoms with van der Waals surface area (Å²) in [6, 6.07) is 16.7. The van der Waals surface area contributed by atoms with E-state index >= 15 is 0 Å². The van der Waals surface area contributed by atoms with Gasteiger partial charge in [0.1, 0.15) is 5.82 Å². The van der Waals surface area contributed by atoms with Gasteiger partial charge in [-0.05, 0) is 31.2 Å². The standard InChI is InChI=1S/C22H17FN4O3S/c1-13-20(15-7-9-16(23)10-8-15)26-22(31-13)25-19(28)12-24-21(29)17-11-18(30-27-17)14-5-3-2-4-6-14/h2-11H,12H2,1H3,(H,24,29)(H,25,26,28). The van der Waals surface area contributed by atoms with Crippen molar-refractivity contribution in [1.29, 1.82) is 0 Å². The summed E-state index contributed by atoms with van der Waals surface area (Å²) in [5.74, 6) is -0.825. The van der Waals surface area contributed by atoms with Crippen molar-refractivity contribution in [3.63, 3.8) is 0 Å². The first-order valence-corrected chi connectivity index (χ1v) is 10.1. The van der Waals surface area contributed by atoms with E-state index in [0.29, 0.717) is 16.6 Å².